The van der Waals surface area contributed by atoms with E-state index in [0.717, 1.165) is 13.1 Å². The van der Waals surface area contributed by atoms with Crippen LogP contribution in [0.5, 0.6) is 0 Å². The minimum atomic E-state index is 0.258. The minimum absolute atomic E-state index is 0.258. The summed E-state index contributed by atoms with van der Waals surface area (Å²) in [5.74, 6) is 0. The van der Waals surface area contributed by atoms with Crippen molar-refractivity contribution in [1.82, 2.24) is 5.32 Å². The average molecular weight is 263 g/mol. The van der Waals surface area contributed by atoms with Crippen molar-refractivity contribution >= 4 is 0 Å². The third-order valence-corrected chi connectivity index (χ3v) is 5.13. The van der Waals surface area contributed by atoms with Crippen LogP contribution in [-0.4, -0.2) is 13.1 Å². The van der Waals surface area contributed by atoms with E-state index in [4.69, 9.17) is 0 Å². The summed E-state index contributed by atoms with van der Waals surface area (Å²) < 4.78 is 0. The van der Waals surface area contributed by atoms with E-state index in [1.165, 1.54) is 35.1 Å². The summed E-state index contributed by atoms with van der Waals surface area (Å²) >= 11 is 0. The molecular weight excluding hydrogens is 242 g/mol. The van der Waals surface area contributed by atoms with Gasteiger partial charge in [-0.15, -0.1) is 0 Å². The first-order chi connectivity index (χ1) is 9.71. The molecule has 20 heavy (non-hydrogen) atoms. The van der Waals surface area contributed by atoms with Crippen LogP contribution in [0.3, 0.4) is 0 Å². The van der Waals surface area contributed by atoms with Gasteiger partial charge in [-0.25, -0.2) is 0 Å². The topological polar surface area (TPSA) is 12.0 Å². The second-order valence-electron chi connectivity index (χ2n) is 6.43. The highest BCUT2D eigenvalue weighted by Gasteiger charge is 2.43. The van der Waals surface area contributed by atoms with Crippen molar-refractivity contribution in [2.45, 2.75) is 32.1 Å². The van der Waals surface area contributed by atoms with Crippen LogP contribution in [-0.2, 0) is 5.41 Å². The Morgan fingerprint density at radius 2 is 1.30 bits per heavy atom. The third-order valence-electron chi connectivity index (χ3n) is 5.13. The van der Waals surface area contributed by atoms with Gasteiger partial charge in [-0.05, 0) is 62.0 Å². The Morgan fingerprint density at radius 3 is 1.80 bits per heavy atom. The summed E-state index contributed by atoms with van der Waals surface area (Å²) in [4.78, 5) is 0. The summed E-state index contributed by atoms with van der Waals surface area (Å²) in [7, 11) is 0. The van der Waals surface area contributed by atoms with Crippen molar-refractivity contribution in [2.24, 2.45) is 0 Å². The predicted octanol–water partition coefficient (Wildman–Crippen LogP) is 3.95. The molecule has 2 aromatic rings. The van der Waals surface area contributed by atoms with E-state index in [0.29, 0.717) is 0 Å². The Kier molecular flexibility index (Phi) is 2.55. The smallest absolute Gasteiger partial charge is 0.0239 e. The van der Waals surface area contributed by atoms with Gasteiger partial charge in [0.1, 0.15) is 0 Å². The lowest BCUT2D eigenvalue weighted by atomic mass is 9.71. The van der Waals surface area contributed by atoms with Gasteiger partial charge in [-0.1, -0.05) is 47.5 Å². The Hall–Kier alpha value is -1.60. The molecule has 4 rings (SSSR count). The quantitative estimate of drug-likeness (QED) is 0.759. The lowest BCUT2D eigenvalue weighted by Crippen LogP contribution is -2.39. The van der Waals surface area contributed by atoms with E-state index in [-0.39, 0.29) is 5.41 Å². The second kappa shape index (κ2) is 4.20. The molecular formula is C19H21N. The van der Waals surface area contributed by atoms with Crippen LogP contribution >= 0.6 is 0 Å². The van der Waals surface area contributed by atoms with E-state index < -0.39 is 0 Å². The van der Waals surface area contributed by atoms with Crippen molar-refractivity contribution in [1.29, 1.82) is 0 Å². The standard InChI is InChI=1S/C19H21N/c1-13-3-5-15-16-6-4-14(2)12-18(16)19(17(15)11-13)7-9-20-10-8-19/h3-6,11-12,20H,7-10H2,1-2H3. The Morgan fingerprint density at radius 1 is 0.800 bits per heavy atom. The van der Waals surface area contributed by atoms with Crippen LogP contribution in [0.4, 0.5) is 0 Å². The lowest BCUT2D eigenvalue weighted by molar-refractivity contribution is 0.369. The summed E-state index contributed by atoms with van der Waals surface area (Å²) in [6, 6.07) is 14.0. The molecule has 0 unspecified atom stereocenters. The zero-order valence-electron chi connectivity index (χ0n) is 12.3. The zero-order chi connectivity index (χ0) is 13.7. The molecule has 1 fully saturated rings. The maximum absolute atomic E-state index is 3.53. The molecule has 1 aliphatic carbocycles. The molecule has 1 spiro atoms. The zero-order valence-corrected chi connectivity index (χ0v) is 12.3. The largest absolute Gasteiger partial charge is 0.317 e. The first-order valence-electron chi connectivity index (χ1n) is 7.64. The fraction of sp³-hybridized carbons (Fsp3) is 0.368. The van der Waals surface area contributed by atoms with Crippen LogP contribution in [0.1, 0.15) is 35.1 Å². The van der Waals surface area contributed by atoms with E-state index in [1.54, 1.807) is 11.1 Å². The highest BCUT2D eigenvalue weighted by atomic mass is 14.9. The van der Waals surface area contributed by atoms with Gasteiger partial charge in [0.05, 0.1) is 0 Å². The summed E-state index contributed by atoms with van der Waals surface area (Å²) in [5, 5.41) is 3.53. The van der Waals surface area contributed by atoms with Crippen LogP contribution in [0.15, 0.2) is 36.4 Å². The highest BCUT2D eigenvalue weighted by molar-refractivity contribution is 5.81. The SMILES string of the molecule is Cc1ccc2c(c1)C1(CCNCC1)c1cc(C)ccc1-2. The lowest BCUT2D eigenvalue weighted by Gasteiger charge is -2.36. The fourth-order valence-corrected chi connectivity index (χ4v) is 4.12. The number of nitrogens with one attached hydrogen (secondary N) is 1. The second-order valence-corrected chi connectivity index (χ2v) is 6.43. The van der Waals surface area contributed by atoms with Gasteiger partial charge in [0.2, 0.25) is 0 Å². The molecule has 0 atom stereocenters. The van der Waals surface area contributed by atoms with E-state index >= 15 is 0 Å². The van der Waals surface area contributed by atoms with E-state index in [9.17, 15) is 0 Å². The molecule has 1 heterocycles. The number of fused-ring (bicyclic) bond motifs is 5. The normalized spacial score (nSPS) is 18.9. The van der Waals surface area contributed by atoms with Crippen molar-refractivity contribution < 1.29 is 0 Å². The first kappa shape index (κ1) is 12.2. The van der Waals surface area contributed by atoms with E-state index in [2.05, 4.69) is 55.6 Å². The summed E-state index contributed by atoms with van der Waals surface area (Å²) in [6.45, 7) is 6.67. The number of benzene rings is 2. The molecule has 0 bridgehead atoms. The molecule has 1 N–H and O–H groups in total. The molecule has 1 aliphatic heterocycles. The van der Waals surface area contributed by atoms with Gasteiger partial charge in [-0.3, -0.25) is 0 Å². The fourth-order valence-electron chi connectivity index (χ4n) is 4.12. The summed E-state index contributed by atoms with van der Waals surface area (Å²) in [5.41, 5.74) is 9.09. The molecule has 0 aromatic heterocycles. The van der Waals surface area contributed by atoms with Crippen LogP contribution < -0.4 is 5.32 Å². The molecule has 102 valence electrons. The number of aryl methyl sites for hydroxylation is 2. The van der Waals surface area contributed by atoms with Crippen molar-refractivity contribution in [3.63, 3.8) is 0 Å². The van der Waals surface area contributed by atoms with Crippen LogP contribution in [0, 0.1) is 13.8 Å². The first-order valence-corrected chi connectivity index (χ1v) is 7.64. The number of piperidine rings is 1. The van der Waals surface area contributed by atoms with Gasteiger partial charge < -0.3 is 5.32 Å². The van der Waals surface area contributed by atoms with E-state index in [1.807, 2.05) is 0 Å². The molecule has 2 aliphatic rings. The van der Waals surface area contributed by atoms with Crippen LogP contribution in [0.2, 0.25) is 0 Å². The number of hydrogen-bond acceptors (Lipinski definition) is 1. The van der Waals surface area contributed by atoms with Gasteiger partial charge in [0.25, 0.3) is 0 Å². The van der Waals surface area contributed by atoms with Crippen molar-refractivity contribution in [2.75, 3.05) is 13.1 Å². The molecule has 0 radical (unpaired) electrons. The molecule has 0 amide bonds. The number of hydrogen-bond donors (Lipinski definition) is 1. The van der Waals surface area contributed by atoms with Gasteiger partial charge >= 0.3 is 0 Å². The monoisotopic (exact) mass is 263 g/mol. The maximum Gasteiger partial charge on any atom is 0.0239 e. The maximum atomic E-state index is 3.53. The minimum Gasteiger partial charge on any atom is -0.317 e. The molecule has 1 nitrogen and oxygen atoms in total. The highest BCUT2D eigenvalue weighted by Crippen LogP contribution is 2.53. The summed E-state index contributed by atoms with van der Waals surface area (Å²) in [6.07, 6.45) is 2.44. The Labute approximate surface area is 121 Å². The van der Waals surface area contributed by atoms with Gasteiger partial charge in [0.15, 0.2) is 0 Å². The molecule has 1 saturated heterocycles. The molecule has 1 heteroatoms. The Bertz CT molecular complexity index is 625. The Balaban J connectivity index is 2.03. The van der Waals surface area contributed by atoms with Crippen molar-refractivity contribution in [3.05, 3.63) is 58.7 Å². The predicted molar refractivity (Wildman–Crippen MR) is 84.2 cm³/mol. The van der Waals surface area contributed by atoms with Crippen molar-refractivity contribution in [3.8, 4) is 11.1 Å². The third kappa shape index (κ3) is 1.53. The van der Waals surface area contributed by atoms with Gasteiger partial charge in [-0.2, -0.15) is 0 Å². The van der Waals surface area contributed by atoms with Gasteiger partial charge in [0, 0.05) is 5.41 Å². The molecule has 2 aromatic carbocycles. The average Bonchev–Trinajstić information content (AvgIpc) is 2.70. The van der Waals surface area contributed by atoms with Crippen LogP contribution in [0.25, 0.3) is 11.1 Å². The number of rotatable bonds is 0. The molecule has 0 saturated carbocycles.